The van der Waals surface area contributed by atoms with E-state index in [0.29, 0.717) is 5.75 Å². The summed E-state index contributed by atoms with van der Waals surface area (Å²) in [5.74, 6) is 1.17. The summed E-state index contributed by atoms with van der Waals surface area (Å²) in [5, 5.41) is 3.11. The molecule has 0 saturated heterocycles. The number of hydrogen-bond acceptors (Lipinski definition) is 2. The van der Waals surface area contributed by atoms with Gasteiger partial charge in [0, 0.05) is 12.1 Å². The molecule has 0 aliphatic heterocycles. The minimum Gasteiger partial charge on any atom is -0.457 e. The Morgan fingerprint density at radius 2 is 1.83 bits per heavy atom. The van der Waals surface area contributed by atoms with Gasteiger partial charge in [0.25, 0.3) is 0 Å². The van der Waals surface area contributed by atoms with Crippen LogP contribution in [0, 0.1) is 12.7 Å². The molecule has 0 heterocycles. The zero-order valence-electron chi connectivity index (χ0n) is 10.5. The predicted molar refractivity (Wildman–Crippen MR) is 70.4 cm³/mol. The Morgan fingerprint density at radius 3 is 2.50 bits per heavy atom. The van der Waals surface area contributed by atoms with Crippen LogP contribution in [0.2, 0.25) is 0 Å². The van der Waals surface area contributed by atoms with Crippen molar-refractivity contribution < 1.29 is 9.13 Å². The van der Waals surface area contributed by atoms with Crippen LogP contribution < -0.4 is 10.1 Å². The summed E-state index contributed by atoms with van der Waals surface area (Å²) in [7, 11) is 1.89. The Balaban J connectivity index is 2.25. The molecule has 0 spiro atoms. The van der Waals surface area contributed by atoms with Crippen LogP contribution in [0.4, 0.5) is 4.39 Å². The molecular weight excluding hydrogens is 229 g/mol. The van der Waals surface area contributed by atoms with Crippen LogP contribution in [0.3, 0.4) is 0 Å². The van der Waals surface area contributed by atoms with Crippen molar-refractivity contribution in [2.75, 3.05) is 7.05 Å². The van der Waals surface area contributed by atoms with E-state index in [4.69, 9.17) is 4.74 Å². The van der Waals surface area contributed by atoms with Gasteiger partial charge < -0.3 is 10.1 Å². The standard InChI is InChI=1S/C15H16FNO/c1-11-3-8-15(12(9-11)10-17-2)18-14-6-4-13(16)5-7-14/h3-9,17H,10H2,1-2H3. The molecule has 1 N–H and O–H groups in total. The van der Waals surface area contributed by atoms with E-state index in [1.807, 2.05) is 26.1 Å². The summed E-state index contributed by atoms with van der Waals surface area (Å²) >= 11 is 0. The minimum absolute atomic E-state index is 0.262. The third-order valence-corrected chi connectivity index (χ3v) is 2.62. The second-order valence-electron chi connectivity index (χ2n) is 4.20. The predicted octanol–water partition coefficient (Wildman–Crippen LogP) is 3.65. The quantitative estimate of drug-likeness (QED) is 0.887. The van der Waals surface area contributed by atoms with Gasteiger partial charge in [0.2, 0.25) is 0 Å². The van der Waals surface area contributed by atoms with Crippen LogP contribution in [-0.4, -0.2) is 7.05 Å². The molecule has 0 fully saturated rings. The van der Waals surface area contributed by atoms with Gasteiger partial charge in [-0.15, -0.1) is 0 Å². The summed E-state index contributed by atoms with van der Waals surface area (Å²) in [6, 6.07) is 12.0. The molecule has 18 heavy (non-hydrogen) atoms. The van der Waals surface area contributed by atoms with Crippen molar-refractivity contribution in [2.24, 2.45) is 0 Å². The smallest absolute Gasteiger partial charge is 0.131 e. The highest BCUT2D eigenvalue weighted by Gasteiger charge is 2.05. The third kappa shape index (κ3) is 3.08. The molecule has 0 radical (unpaired) electrons. The molecule has 0 aromatic heterocycles. The van der Waals surface area contributed by atoms with Gasteiger partial charge in [0.05, 0.1) is 0 Å². The molecule has 0 aliphatic rings. The molecule has 94 valence electrons. The topological polar surface area (TPSA) is 21.3 Å². The maximum Gasteiger partial charge on any atom is 0.131 e. The minimum atomic E-state index is -0.262. The number of rotatable bonds is 4. The van der Waals surface area contributed by atoms with Gasteiger partial charge in [-0.2, -0.15) is 0 Å². The highest BCUT2D eigenvalue weighted by Crippen LogP contribution is 2.26. The monoisotopic (exact) mass is 245 g/mol. The number of ether oxygens (including phenoxy) is 1. The van der Waals surface area contributed by atoms with Gasteiger partial charge in [-0.05, 0) is 44.3 Å². The molecule has 0 aliphatic carbocycles. The lowest BCUT2D eigenvalue weighted by molar-refractivity contribution is 0.472. The zero-order valence-corrected chi connectivity index (χ0v) is 10.5. The molecule has 0 bridgehead atoms. The SMILES string of the molecule is CNCc1cc(C)ccc1Oc1ccc(F)cc1. The van der Waals surface area contributed by atoms with E-state index >= 15 is 0 Å². The van der Waals surface area contributed by atoms with Gasteiger partial charge in [-0.1, -0.05) is 17.7 Å². The summed E-state index contributed by atoms with van der Waals surface area (Å²) in [6.45, 7) is 2.78. The van der Waals surface area contributed by atoms with Crippen molar-refractivity contribution >= 4 is 0 Å². The Kier molecular flexibility index (Phi) is 3.95. The number of benzene rings is 2. The van der Waals surface area contributed by atoms with Gasteiger partial charge in [-0.3, -0.25) is 0 Å². The van der Waals surface area contributed by atoms with Crippen molar-refractivity contribution in [3.8, 4) is 11.5 Å². The van der Waals surface area contributed by atoms with Crippen molar-refractivity contribution in [1.82, 2.24) is 5.32 Å². The molecule has 3 heteroatoms. The molecule has 2 aromatic carbocycles. The zero-order chi connectivity index (χ0) is 13.0. The van der Waals surface area contributed by atoms with E-state index in [9.17, 15) is 4.39 Å². The van der Waals surface area contributed by atoms with Crippen LogP contribution in [0.1, 0.15) is 11.1 Å². The van der Waals surface area contributed by atoms with Crippen molar-refractivity contribution in [1.29, 1.82) is 0 Å². The Labute approximate surface area is 106 Å². The first kappa shape index (κ1) is 12.6. The molecule has 2 nitrogen and oxygen atoms in total. The highest BCUT2D eigenvalue weighted by atomic mass is 19.1. The summed E-state index contributed by atoms with van der Waals surface area (Å²) in [6.07, 6.45) is 0. The lowest BCUT2D eigenvalue weighted by Gasteiger charge is -2.11. The number of halogens is 1. The Bertz CT molecular complexity index is 523. The van der Waals surface area contributed by atoms with E-state index in [2.05, 4.69) is 11.4 Å². The van der Waals surface area contributed by atoms with Crippen LogP contribution in [0.25, 0.3) is 0 Å². The van der Waals surface area contributed by atoms with Gasteiger partial charge in [0.1, 0.15) is 17.3 Å². The number of aryl methyl sites for hydroxylation is 1. The van der Waals surface area contributed by atoms with E-state index in [-0.39, 0.29) is 5.82 Å². The number of hydrogen-bond donors (Lipinski definition) is 1. The fraction of sp³-hybridized carbons (Fsp3) is 0.200. The lowest BCUT2D eigenvalue weighted by atomic mass is 10.1. The van der Waals surface area contributed by atoms with Crippen LogP contribution in [-0.2, 0) is 6.54 Å². The molecule has 0 unspecified atom stereocenters. The summed E-state index contributed by atoms with van der Waals surface area (Å²) in [5.41, 5.74) is 2.27. The fourth-order valence-corrected chi connectivity index (χ4v) is 1.77. The van der Waals surface area contributed by atoms with Crippen LogP contribution in [0.15, 0.2) is 42.5 Å². The molecule has 0 amide bonds. The average Bonchev–Trinajstić information content (AvgIpc) is 2.36. The van der Waals surface area contributed by atoms with Gasteiger partial charge in [-0.25, -0.2) is 4.39 Å². The largest absolute Gasteiger partial charge is 0.457 e. The maximum atomic E-state index is 12.8. The summed E-state index contributed by atoms with van der Waals surface area (Å²) in [4.78, 5) is 0. The first-order valence-electron chi connectivity index (χ1n) is 5.86. The average molecular weight is 245 g/mol. The second-order valence-corrected chi connectivity index (χ2v) is 4.20. The summed E-state index contributed by atoms with van der Waals surface area (Å²) < 4.78 is 18.6. The van der Waals surface area contributed by atoms with Gasteiger partial charge >= 0.3 is 0 Å². The first-order chi connectivity index (χ1) is 8.69. The molecule has 0 saturated carbocycles. The third-order valence-electron chi connectivity index (χ3n) is 2.62. The van der Waals surface area contributed by atoms with E-state index < -0.39 is 0 Å². The van der Waals surface area contributed by atoms with Crippen molar-refractivity contribution in [3.63, 3.8) is 0 Å². The van der Waals surface area contributed by atoms with Crippen LogP contribution >= 0.6 is 0 Å². The van der Waals surface area contributed by atoms with Crippen LogP contribution in [0.5, 0.6) is 11.5 Å². The number of nitrogens with one attached hydrogen (secondary N) is 1. The molecule has 2 rings (SSSR count). The second kappa shape index (κ2) is 5.65. The maximum absolute atomic E-state index is 12.8. The Morgan fingerprint density at radius 1 is 1.11 bits per heavy atom. The van der Waals surface area contributed by atoms with Crippen molar-refractivity contribution in [2.45, 2.75) is 13.5 Å². The van der Waals surface area contributed by atoms with E-state index in [1.165, 1.54) is 17.7 Å². The molecule has 0 atom stereocenters. The van der Waals surface area contributed by atoms with Crippen molar-refractivity contribution in [3.05, 3.63) is 59.4 Å². The molecular formula is C15H16FNO. The fourth-order valence-electron chi connectivity index (χ4n) is 1.77. The normalized spacial score (nSPS) is 10.4. The molecule has 2 aromatic rings. The Hall–Kier alpha value is -1.87. The van der Waals surface area contributed by atoms with Gasteiger partial charge in [0.15, 0.2) is 0 Å². The lowest BCUT2D eigenvalue weighted by Crippen LogP contribution is -2.06. The van der Waals surface area contributed by atoms with E-state index in [0.717, 1.165) is 17.9 Å². The highest BCUT2D eigenvalue weighted by molar-refractivity contribution is 5.40. The first-order valence-corrected chi connectivity index (χ1v) is 5.86. The van der Waals surface area contributed by atoms with E-state index in [1.54, 1.807) is 12.1 Å².